The Morgan fingerprint density at radius 2 is 0.768 bits per heavy atom. The molecule has 0 fully saturated rings. The lowest BCUT2D eigenvalue weighted by molar-refractivity contribution is -0.120. The zero-order valence-electron chi connectivity index (χ0n) is 74.4. The maximum Gasteiger partial charge on any atom is 0.348 e. The molecule has 14 aromatic rings. The first kappa shape index (κ1) is 107. The van der Waals surface area contributed by atoms with Gasteiger partial charge in [-0.2, -0.15) is 0 Å². The van der Waals surface area contributed by atoms with Gasteiger partial charge < -0.3 is 24.2 Å². The number of aryl methyl sites for hydroxylation is 4. The minimum absolute atomic E-state index is 0.0161. The molecule has 14 aromatic carbocycles. The Balaban J connectivity index is 0.000000141. The molecule has 5 aliphatic rings. The van der Waals surface area contributed by atoms with E-state index in [1.54, 1.807) is 54.6 Å². The summed E-state index contributed by atoms with van der Waals surface area (Å²) >= 11 is 90.2. The van der Waals surface area contributed by atoms with Gasteiger partial charge in [0.05, 0.1) is 88.1 Å². The van der Waals surface area contributed by atoms with Crippen LogP contribution in [0.5, 0.6) is 5.75 Å². The molecule has 2 heterocycles. The number of halogens is 17. The third-order valence-corrected chi connectivity index (χ3v) is 30.8. The number of benzene rings is 14. The second-order valence-electron chi connectivity index (χ2n) is 34.3. The second kappa shape index (κ2) is 47.7. The quantitative estimate of drug-likeness (QED) is 0.0791. The van der Waals surface area contributed by atoms with Gasteiger partial charge in [0.1, 0.15) is 11.5 Å². The summed E-state index contributed by atoms with van der Waals surface area (Å²) in [6, 6.07) is 80.4. The van der Waals surface area contributed by atoms with Gasteiger partial charge in [-0.1, -0.05) is 339 Å². The number of carboxylic acids is 1. The Morgan fingerprint density at radius 3 is 1.29 bits per heavy atom. The molecule has 0 saturated heterocycles. The molecule has 1 N–H and O–H groups in total. The van der Waals surface area contributed by atoms with E-state index in [2.05, 4.69) is 233 Å². The highest BCUT2D eigenvalue weighted by Crippen LogP contribution is 2.45. The largest absolute Gasteiger partial charge is 0.478 e. The Kier molecular flexibility index (Phi) is 37.0. The summed E-state index contributed by atoms with van der Waals surface area (Å²) in [5.74, 6) is -1.84. The molecule has 0 saturated carbocycles. The summed E-state index contributed by atoms with van der Waals surface area (Å²) in [6.45, 7) is 14.0. The van der Waals surface area contributed by atoms with Crippen molar-refractivity contribution in [2.45, 2.75) is 117 Å². The molecule has 0 amide bonds. The Labute approximate surface area is 903 Å². The molecule has 11 nitrogen and oxygen atoms in total. The van der Waals surface area contributed by atoms with Gasteiger partial charge in [0.15, 0.2) is 5.78 Å². The van der Waals surface area contributed by atoms with E-state index >= 15 is 0 Å². The topological polar surface area (TPSA) is 154 Å². The van der Waals surface area contributed by atoms with Gasteiger partial charge in [-0.3, -0.25) is 9.59 Å². The number of ether oxygens (including phenoxy) is 3. The monoisotopic (exact) mass is 2390 g/mol. The molecule has 0 atom stereocenters. The molecule has 0 radical (unpaired) electrons. The maximum absolute atomic E-state index is 12.6. The van der Waals surface area contributed by atoms with Gasteiger partial charge in [-0.25, -0.2) is 19.2 Å². The molecule has 0 aromatic heterocycles. The normalized spacial score (nSPS) is 13.1. The lowest BCUT2D eigenvalue weighted by Crippen LogP contribution is -2.14. The van der Waals surface area contributed by atoms with Crippen molar-refractivity contribution in [3.63, 3.8) is 0 Å². The number of hydrogen-bond acceptors (Lipinski definition) is 10. The molecule has 3 aliphatic carbocycles. The van der Waals surface area contributed by atoms with E-state index in [4.69, 9.17) is 144 Å². The first-order valence-corrected chi connectivity index (χ1v) is 51.5. The van der Waals surface area contributed by atoms with Crippen LogP contribution in [0.1, 0.15) is 188 Å². The molecule has 0 bridgehead atoms. The van der Waals surface area contributed by atoms with E-state index in [0.717, 1.165) is 118 Å². The smallest absolute Gasteiger partial charge is 0.348 e. The number of carbonyl (C=O) groups is 6. The number of aromatic carboxylic acids is 1. The van der Waals surface area contributed by atoms with E-state index in [0.29, 0.717) is 98.3 Å². The number of esters is 3. The number of carbonyl (C=O) groups excluding carboxylic acids is 5. The van der Waals surface area contributed by atoms with Crippen molar-refractivity contribution >= 4 is 284 Å². The molecule has 138 heavy (non-hydrogen) atoms. The summed E-state index contributed by atoms with van der Waals surface area (Å²) in [7, 11) is 0. The third-order valence-electron chi connectivity index (χ3n) is 23.3. The number of carboxylic acid groups (broad SMARTS) is 1. The highest BCUT2D eigenvalue weighted by molar-refractivity contribution is 9.11. The minimum atomic E-state index is -0.991. The number of cyclic esters (lactones) is 3. The first-order chi connectivity index (χ1) is 65.6. The highest BCUT2D eigenvalue weighted by atomic mass is 79.9. The summed E-state index contributed by atoms with van der Waals surface area (Å²) in [4.78, 5) is 69.9. The summed E-state index contributed by atoms with van der Waals surface area (Å²) < 4.78 is 19.2. The van der Waals surface area contributed by atoms with Crippen LogP contribution in [-0.2, 0) is 89.3 Å². The zero-order chi connectivity index (χ0) is 99.5. The molecule has 28 heteroatoms. The number of rotatable bonds is 10. The molecule has 19 rings (SSSR count). The van der Waals surface area contributed by atoms with Crippen LogP contribution in [0.2, 0.25) is 60.3 Å². The number of hydrogen-bond donors (Lipinski definition) is 1. The predicted molar refractivity (Wildman–Crippen MR) is 583 cm³/mol. The third kappa shape index (κ3) is 26.6. The fourth-order valence-corrected chi connectivity index (χ4v) is 20.1. The van der Waals surface area contributed by atoms with Crippen molar-refractivity contribution in [2.75, 3.05) is 4.90 Å². The van der Waals surface area contributed by atoms with Gasteiger partial charge in [-0.15, -0.1) is 0 Å². The zero-order valence-corrected chi connectivity index (χ0v) is 91.4. The van der Waals surface area contributed by atoms with Crippen molar-refractivity contribution < 1.29 is 48.1 Å². The number of anilines is 3. The van der Waals surface area contributed by atoms with Gasteiger partial charge >= 0.3 is 23.9 Å². The van der Waals surface area contributed by atoms with E-state index in [1.807, 2.05) is 78.9 Å². The predicted octanol–water partition coefficient (Wildman–Crippen LogP) is 36.2. The summed E-state index contributed by atoms with van der Waals surface area (Å²) in [5, 5.41) is 14.6. The van der Waals surface area contributed by atoms with Gasteiger partial charge in [0.2, 0.25) is 0 Å². The standard InChI is InChI=1S/C35H37Cl2N.C15H7BrCl2O2.C15H11BrCl2O2.C15H9BrCl2O.C15H11BrCl2.C8H2Cl2O3.C7H5BrO2/c1-34(2,3)26-10-15-28(16-11-26)38(29-17-12-27(13-18-29)35(4,5)6)30-14-7-23-8-19-31-24(21-25(23)22-30)9-20-32(36)33(31)37;16-9-3-1-8(2-4-9)7-12-13-10(15(19)20-12)5-6-11(17)14(13)18;16-10-4-1-9(2-5-10)3-6-11-12(15(19)20)7-8-13(17)14(11)18;16-9-3-1-8-2-4-10-11(15(19)12(8)7-9)5-6-13(17)14(10)18;16-12-4-1-9-2-5-13-10(7-11(9)8-12)3-6-14(17)15(13)18;9-4-2-1-3-5(6(4)10)8(12)13-7(3)11;8-6-1-3-7(4-2-6)10-5-9/h7,9-18,20,22H,8,19,21H2,1-6H3;1-7H;1-2,4-5,7-8H,3,6H2,(H,19,20);1,3,5-7H,2,4H2;1,3-4,6,8H,2,5,7H2;1-2H;1-5H/b;12-7-;;;;;. The van der Waals surface area contributed by atoms with Crippen LogP contribution < -0.4 is 9.64 Å². The van der Waals surface area contributed by atoms with Gasteiger partial charge in [0.25, 0.3) is 6.47 Å². The van der Waals surface area contributed by atoms with Crippen molar-refractivity contribution in [1.82, 2.24) is 0 Å². The lowest BCUT2D eigenvalue weighted by Gasteiger charge is -2.28. The molecule has 706 valence electrons. The van der Waals surface area contributed by atoms with Crippen molar-refractivity contribution in [1.29, 1.82) is 0 Å². The van der Waals surface area contributed by atoms with Crippen LogP contribution in [0.4, 0.5) is 17.1 Å². The molecular weight excluding hydrogens is 2320 g/mol. The second-order valence-corrected chi connectivity index (χ2v) is 43.6. The lowest BCUT2D eigenvalue weighted by atomic mass is 9.86. The van der Waals surface area contributed by atoms with E-state index < -0.39 is 23.9 Å². The van der Waals surface area contributed by atoms with Crippen molar-refractivity contribution in [2.24, 2.45) is 0 Å². The number of ketones is 1. The van der Waals surface area contributed by atoms with Crippen LogP contribution in [0.3, 0.4) is 0 Å². The summed E-state index contributed by atoms with van der Waals surface area (Å²) in [5.41, 5.74) is 24.1. The van der Waals surface area contributed by atoms with Crippen LogP contribution >= 0.6 is 219 Å². The minimum Gasteiger partial charge on any atom is -0.478 e. The molecule has 0 unspecified atom stereocenters. The average molecular weight is 2400 g/mol. The van der Waals surface area contributed by atoms with Crippen LogP contribution in [-0.4, -0.2) is 41.2 Å². The Hall–Kier alpha value is -8.28. The average Bonchev–Trinajstić information content (AvgIpc) is 1.65. The number of fused-ring (bicyclic) bond motifs is 8. The van der Waals surface area contributed by atoms with Crippen molar-refractivity contribution in [3.05, 3.63) is 454 Å². The molecular formula is C110H82Br5Cl12NO10. The van der Waals surface area contributed by atoms with E-state index in [1.165, 1.54) is 85.6 Å². The number of nitrogens with zero attached hydrogens (tertiary/aromatic N) is 1. The van der Waals surface area contributed by atoms with E-state index in [9.17, 15) is 33.9 Å². The van der Waals surface area contributed by atoms with E-state index in [-0.39, 0.29) is 43.3 Å². The molecule has 0 spiro atoms. The first-order valence-electron chi connectivity index (χ1n) is 43.0. The molecule has 2 aliphatic heterocycles. The van der Waals surface area contributed by atoms with Crippen LogP contribution in [0, 0.1) is 0 Å². The van der Waals surface area contributed by atoms with Gasteiger partial charge in [0, 0.05) is 50.6 Å². The Morgan fingerprint density at radius 1 is 0.370 bits per heavy atom. The van der Waals surface area contributed by atoms with Crippen LogP contribution in [0.15, 0.2) is 271 Å². The fraction of sp³-hybridized carbons (Fsp3) is 0.164. The van der Waals surface area contributed by atoms with Gasteiger partial charge in [-0.05, 0) is 334 Å². The Bertz CT molecular complexity index is 6990. The van der Waals surface area contributed by atoms with Crippen LogP contribution in [0.25, 0.3) is 11.8 Å². The highest BCUT2D eigenvalue weighted by Gasteiger charge is 2.35. The van der Waals surface area contributed by atoms with Crippen molar-refractivity contribution in [3.8, 4) is 5.75 Å². The summed E-state index contributed by atoms with van der Waals surface area (Å²) in [6.07, 6.45) is 10.2. The fourth-order valence-electron chi connectivity index (χ4n) is 15.9. The SMILES string of the molecule is CC(C)(C)c1ccc(N(c2ccc(C(C)(C)C)cc2)c2ccc3c(c2)Cc2ccc(Cl)c(Cl)c2CC3)cc1.Clc1ccc2c(c1Cl)CCc1ccc(Br)cc1C2.O=C(O)c1ccc(Cl)c(Cl)c1CCc1ccc(Br)cc1.O=C1O/C(=C\c2ccc(Br)cc2)c2c1ccc(Cl)c2Cl.O=C1OC(=O)c2c1ccc(Cl)c2Cl.O=C1c2cc(Br)ccc2CCc2c1ccc(Cl)c2Cl.O=COc1ccc(Br)cc1. The maximum atomic E-state index is 12.6.